The van der Waals surface area contributed by atoms with Crippen molar-refractivity contribution in [3.63, 3.8) is 0 Å². The molecule has 1 atom stereocenters. The predicted molar refractivity (Wildman–Crippen MR) is 67.2 cm³/mol. The molecule has 0 aliphatic rings. The van der Waals surface area contributed by atoms with Gasteiger partial charge in [-0.05, 0) is 24.5 Å². The van der Waals surface area contributed by atoms with Crippen molar-refractivity contribution >= 4 is 11.6 Å². The van der Waals surface area contributed by atoms with Crippen LogP contribution in [0.1, 0.15) is 37.6 Å². The number of carbonyl (C=O) groups excluding carboxylic acids is 1. The van der Waals surface area contributed by atoms with Crippen molar-refractivity contribution in [1.82, 2.24) is 5.32 Å². The Morgan fingerprint density at radius 3 is 2.22 bits per heavy atom. The highest BCUT2D eigenvalue weighted by molar-refractivity contribution is 5.94. The number of anilines is 1. The van der Waals surface area contributed by atoms with Gasteiger partial charge in [0.05, 0.1) is 0 Å². The van der Waals surface area contributed by atoms with Crippen molar-refractivity contribution in [3.8, 4) is 0 Å². The Hall–Kier alpha value is -1.65. The van der Waals surface area contributed by atoms with Gasteiger partial charge in [-0.3, -0.25) is 4.79 Å². The summed E-state index contributed by atoms with van der Waals surface area (Å²) in [6.07, 6.45) is 0.753. The molecule has 1 aromatic carbocycles. The second-order valence-corrected chi connectivity index (χ2v) is 4.59. The van der Waals surface area contributed by atoms with Gasteiger partial charge < -0.3 is 11.1 Å². The minimum absolute atomic E-state index is 0.0267. The number of carbonyl (C=O) groups is 1. The molecule has 3 nitrogen and oxygen atoms in total. The lowest BCUT2D eigenvalue weighted by Gasteiger charge is -2.20. The summed E-state index contributed by atoms with van der Waals surface area (Å²) >= 11 is 0. The number of nitrogens with two attached hydrogens (primary N) is 1. The van der Waals surface area contributed by atoms with Crippen LogP contribution in [0.4, 0.5) is 14.5 Å². The molecule has 0 aliphatic carbocycles. The number of rotatable bonds is 4. The van der Waals surface area contributed by atoms with Crippen LogP contribution in [-0.2, 0) is 0 Å². The zero-order chi connectivity index (χ0) is 13.9. The average molecular weight is 256 g/mol. The lowest BCUT2D eigenvalue weighted by Crippen LogP contribution is -2.38. The molecule has 0 bridgehead atoms. The van der Waals surface area contributed by atoms with Gasteiger partial charge in [-0.2, -0.15) is 0 Å². The molecule has 1 unspecified atom stereocenters. The first kappa shape index (κ1) is 14.4. The highest BCUT2D eigenvalue weighted by Crippen LogP contribution is 2.17. The van der Waals surface area contributed by atoms with Crippen LogP contribution in [0.25, 0.3) is 0 Å². The Morgan fingerprint density at radius 2 is 1.83 bits per heavy atom. The van der Waals surface area contributed by atoms with Gasteiger partial charge in [-0.25, -0.2) is 8.78 Å². The molecule has 1 rings (SSSR count). The van der Waals surface area contributed by atoms with E-state index in [2.05, 4.69) is 5.32 Å². The van der Waals surface area contributed by atoms with Gasteiger partial charge in [0.15, 0.2) is 0 Å². The Balaban J connectivity index is 2.91. The van der Waals surface area contributed by atoms with Gasteiger partial charge in [-0.1, -0.05) is 20.8 Å². The zero-order valence-corrected chi connectivity index (χ0v) is 10.8. The number of hydrogen-bond donors (Lipinski definition) is 2. The van der Waals surface area contributed by atoms with Crippen LogP contribution in [0.2, 0.25) is 0 Å². The molecule has 0 aromatic heterocycles. The van der Waals surface area contributed by atoms with Gasteiger partial charge in [0.2, 0.25) is 0 Å². The van der Waals surface area contributed by atoms with E-state index in [4.69, 9.17) is 5.73 Å². The van der Waals surface area contributed by atoms with E-state index < -0.39 is 23.2 Å². The molecule has 100 valence electrons. The zero-order valence-electron chi connectivity index (χ0n) is 10.8. The van der Waals surface area contributed by atoms with E-state index in [1.807, 2.05) is 20.8 Å². The van der Waals surface area contributed by atoms with Crippen LogP contribution in [0.15, 0.2) is 12.1 Å². The maximum atomic E-state index is 13.2. The molecule has 0 radical (unpaired) electrons. The van der Waals surface area contributed by atoms with E-state index in [0.717, 1.165) is 18.6 Å². The Bertz CT molecular complexity index is 424. The highest BCUT2D eigenvalue weighted by atomic mass is 19.1. The van der Waals surface area contributed by atoms with Gasteiger partial charge in [0.25, 0.3) is 5.91 Å². The van der Waals surface area contributed by atoms with E-state index in [9.17, 15) is 13.6 Å². The maximum Gasteiger partial charge on any atom is 0.251 e. The molecule has 0 fully saturated rings. The van der Waals surface area contributed by atoms with Crippen molar-refractivity contribution in [2.24, 2.45) is 5.92 Å². The molecule has 1 amide bonds. The number of nitrogen functional groups attached to an aromatic ring is 1. The van der Waals surface area contributed by atoms with Crippen LogP contribution in [0, 0.1) is 17.6 Å². The number of hydrogen-bond acceptors (Lipinski definition) is 2. The van der Waals surface area contributed by atoms with E-state index in [1.165, 1.54) is 0 Å². The van der Waals surface area contributed by atoms with E-state index in [1.54, 1.807) is 0 Å². The number of benzene rings is 1. The Kier molecular flexibility index (Phi) is 4.64. The van der Waals surface area contributed by atoms with Crippen molar-refractivity contribution in [1.29, 1.82) is 0 Å². The first-order chi connectivity index (χ1) is 8.36. The number of amides is 1. The third-order valence-corrected chi connectivity index (χ3v) is 2.90. The smallest absolute Gasteiger partial charge is 0.251 e. The van der Waals surface area contributed by atoms with Gasteiger partial charge in [0, 0.05) is 11.6 Å². The van der Waals surface area contributed by atoms with Crippen LogP contribution in [-0.4, -0.2) is 11.9 Å². The summed E-state index contributed by atoms with van der Waals surface area (Å²) in [5.41, 5.74) is 4.52. The fraction of sp³-hybridized carbons (Fsp3) is 0.462. The fourth-order valence-electron chi connectivity index (χ4n) is 1.71. The second kappa shape index (κ2) is 5.80. The average Bonchev–Trinajstić information content (AvgIpc) is 2.31. The monoisotopic (exact) mass is 256 g/mol. The van der Waals surface area contributed by atoms with Crippen molar-refractivity contribution in [2.75, 3.05) is 5.73 Å². The second-order valence-electron chi connectivity index (χ2n) is 4.59. The van der Waals surface area contributed by atoms with Gasteiger partial charge in [-0.15, -0.1) is 0 Å². The molecule has 18 heavy (non-hydrogen) atoms. The van der Waals surface area contributed by atoms with Crippen molar-refractivity contribution in [3.05, 3.63) is 29.3 Å². The molecule has 0 aliphatic heterocycles. The largest absolute Gasteiger partial charge is 0.394 e. The van der Waals surface area contributed by atoms with Crippen molar-refractivity contribution in [2.45, 2.75) is 33.2 Å². The summed E-state index contributed by atoms with van der Waals surface area (Å²) in [7, 11) is 0. The first-order valence-corrected chi connectivity index (χ1v) is 5.92. The molecule has 0 saturated heterocycles. The highest BCUT2D eigenvalue weighted by Gasteiger charge is 2.17. The fourth-order valence-corrected chi connectivity index (χ4v) is 1.71. The summed E-state index contributed by atoms with van der Waals surface area (Å²) in [5, 5.41) is 2.74. The third-order valence-electron chi connectivity index (χ3n) is 2.90. The first-order valence-electron chi connectivity index (χ1n) is 5.92. The molecular formula is C13H18F2N2O. The predicted octanol–water partition coefficient (Wildman–Crippen LogP) is 2.71. The summed E-state index contributed by atoms with van der Waals surface area (Å²) in [4.78, 5) is 11.8. The minimum atomic E-state index is -0.919. The molecule has 5 heteroatoms. The lowest BCUT2D eigenvalue weighted by atomic mass is 10.0. The molecule has 1 aromatic rings. The summed E-state index contributed by atoms with van der Waals surface area (Å²) in [5.74, 6) is -2.08. The van der Waals surface area contributed by atoms with Crippen LogP contribution >= 0.6 is 0 Å². The third kappa shape index (κ3) is 3.18. The maximum absolute atomic E-state index is 13.2. The van der Waals surface area contributed by atoms with Crippen molar-refractivity contribution < 1.29 is 13.6 Å². The number of halogens is 2. The molecule has 0 heterocycles. The Morgan fingerprint density at radius 1 is 1.33 bits per heavy atom. The molecule has 0 spiro atoms. The normalized spacial score (nSPS) is 12.6. The summed E-state index contributed by atoms with van der Waals surface area (Å²) in [6, 6.07) is 1.86. The van der Waals surface area contributed by atoms with Gasteiger partial charge >= 0.3 is 0 Å². The standard InChI is InChI=1S/C13H18F2N2O/c1-4-11(7(2)3)17-13(18)8-5-9(14)12(16)10(15)6-8/h5-7,11H,4,16H2,1-3H3,(H,17,18). The summed E-state index contributed by atoms with van der Waals surface area (Å²) < 4.78 is 26.5. The van der Waals surface area contributed by atoms with Gasteiger partial charge in [0.1, 0.15) is 17.3 Å². The minimum Gasteiger partial charge on any atom is -0.394 e. The SMILES string of the molecule is CCC(NC(=O)c1cc(F)c(N)c(F)c1)C(C)C. The quantitative estimate of drug-likeness (QED) is 0.814. The number of nitrogens with one attached hydrogen (secondary N) is 1. The van der Waals surface area contributed by atoms with E-state index in [-0.39, 0.29) is 17.5 Å². The topological polar surface area (TPSA) is 55.1 Å². The van der Waals surface area contributed by atoms with E-state index >= 15 is 0 Å². The molecule has 0 saturated carbocycles. The van der Waals surface area contributed by atoms with Crippen LogP contribution in [0.5, 0.6) is 0 Å². The Labute approximate surface area is 105 Å². The lowest BCUT2D eigenvalue weighted by molar-refractivity contribution is 0.0923. The summed E-state index contributed by atoms with van der Waals surface area (Å²) in [6.45, 7) is 5.88. The van der Waals surface area contributed by atoms with Crippen LogP contribution in [0.3, 0.4) is 0 Å². The molecular weight excluding hydrogens is 238 g/mol. The molecule has 3 N–H and O–H groups in total. The van der Waals surface area contributed by atoms with Crippen LogP contribution < -0.4 is 11.1 Å². The van der Waals surface area contributed by atoms with E-state index in [0.29, 0.717) is 0 Å².